The third-order valence-electron chi connectivity index (χ3n) is 2.23. The molecular formula is C11H12FN3O. The molecule has 0 saturated carbocycles. The van der Waals surface area contributed by atoms with E-state index in [1.807, 2.05) is 6.92 Å². The number of nitrogens with zero attached hydrogens (tertiary/aromatic N) is 3. The van der Waals surface area contributed by atoms with Gasteiger partial charge in [-0.15, -0.1) is 5.10 Å². The second kappa shape index (κ2) is 4.30. The van der Waals surface area contributed by atoms with E-state index in [0.29, 0.717) is 17.8 Å². The van der Waals surface area contributed by atoms with Crippen molar-refractivity contribution in [2.45, 2.75) is 19.9 Å². The standard InChI is InChI=1S/C11H12FN3O/c1-2-3-15-11(7-13-14-15)8-4-9(12)6-10(16)5-8/h4-7,16H,2-3H2,1H3. The highest BCUT2D eigenvalue weighted by Crippen LogP contribution is 2.24. The fourth-order valence-electron chi connectivity index (χ4n) is 1.58. The molecule has 4 nitrogen and oxygen atoms in total. The van der Waals surface area contributed by atoms with Crippen LogP contribution >= 0.6 is 0 Å². The second-order valence-electron chi connectivity index (χ2n) is 3.54. The number of aromatic nitrogens is 3. The predicted molar refractivity (Wildman–Crippen MR) is 57.4 cm³/mol. The van der Waals surface area contributed by atoms with Gasteiger partial charge in [0, 0.05) is 18.2 Å². The monoisotopic (exact) mass is 221 g/mol. The number of aryl methyl sites for hydroxylation is 1. The van der Waals surface area contributed by atoms with Crippen LogP contribution in [0.2, 0.25) is 0 Å². The molecule has 0 atom stereocenters. The van der Waals surface area contributed by atoms with E-state index in [0.717, 1.165) is 12.5 Å². The summed E-state index contributed by atoms with van der Waals surface area (Å²) in [4.78, 5) is 0. The number of halogens is 1. The minimum atomic E-state index is -0.473. The zero-order valence-corrected chi connectivity index (χ0v) is 8.89. The number of hydrogen-bond donors (Lipinski definition) is 1. The van der Waals surface area contributed by atoms with Crippen molar-refractivity contribution in [3.05, 3.63) is 30.2 Å². The van der Waals surface area contributed by atoms with E-state index in [1.165, 1.54) is 12.1 Å². The van der Waals surface area contributed by atoms with E-state index in [1.54, 1.807) is 10.9 Å². The minimum Gasteiger partial charge on any atom is -0.508 e. The first-order chi connectivity index (χ1) is 7.70. The third-order valence-corrected chi connectivity index (χ3v) is 2.23. The Hall–Kier alpha value is -1.91. The van der Waals surface area contributed by atoms with Crippen molar-refractivity contribution in [1.82, 2.24) is 15.0 Å². The van der Waals surface area contributed by atoms with Crippen LogP contribution in [0.4, 0.5) is 4.39 Å². The van der Waals surface area contributed by atoms with Crippen LogP contribution in [-0.4, -0.2) is 20.1 Å². The van der Waals surface area contributed by atoms with Crippen molar-refractivity contribution < 1.29 is 9.50 Å². The van der Waals surface area contributed by atoms with Crippen molar-refractivity contribution in [1.29, 1.82) is 0 Å². The SMILES string of the molecule is CCCn1nncc1-c1cc(O)cc(F)c1. The van der Waals surface area contributed by atoms with Gasteiger partial charge in [0.05, 0.1) is 11.9 Å². The van der Waals surface area contributed by atoms with Gasteiger partial charge in [-0.1, -0.05) is 12.1 Å². The van der Waals surface area contributed by atoms with Crippen molar-refractivity contribution in [3.63, 3.8) is 0 Å². The van der Waals surface area contributed by atoms with Crippen LogP contribution in [0.5, 0.6) is 5.75 Å². The topological polar surface area (TPSA) is 50.9 Å². The van der Waals surface area contributed by atoms with Crippen LogP contribution in [0.3, 0.4) is 0 Å². The fraction of sp³-hybridized carbons (Fsp3) is 0.273. The summed E-state index contributed by atoms with van der Waals surface area (Å²) in [5.74, 6) is -0.571. The van der Waals surface area contributed by atoms with Gasteiger partial charge in [-0.05, 0) is 18.6 Å². The van der Waals surface area contributed by atoms with E-state index < -0.39 is 5.82 Å². The Balaban J connectivity index is 2.45. The summed E-state index contributed by atoms with van der Waals surface area (Å²) in [6, 6.07) is 3.91. The molecule has 5 heteroatoms. The molecule has 2 rings (SSSR count). The molecule has 84 valence electrons. The highest BCUT2D eigenvalue weighted by atomic mass is 19.1. The number of benzene rings is 1. The lowest BCUT2D eigenvalue weighted by atomic mass is 10.1. The Kier molecular flexibility index (Phi) is 2.85. The molecule has 0 bridgehead atoms. The van der Waals surface area contributed by atoms with Gasteiger partial charge in [0.15, 0.2) is 0 Å². The Labute approximate surface area is 92.3 Å². The lowest BCUT2D eigenvalue weighted by Crippen LogP contribution is -2.01. The van der Waals surface area contributed by atoms with Gasteiger partial charge in [-0.2, -0.15) is 0 Å². The predicted octanol–water partition coefficient (Wildman–Crippen LogP) is 2.20. The zero-order chi connectivity index (χ0) is 11.5. The normalized spacial score (nSPS) is 10.6. The number of phenols is 1. The Morgan fingerprint density at radius 3 is 2.88 bits per heavy atom. The minimum absolute atomic E-state index is 0.0979. The quantitative estimate of drug-likeness (QED) is 0.864. The number of rotatable bonds is 3. The van der Waals surface area contributed by atoms with Gasteiger partial charge in [0.25, 0.3) is 0 Å². The van der Waals surface area contributed by atoms with Crippen LogP contribution < -0.4 is 0 Å². The van der Waals surface area contributed by atoms with Crippen molar-refractivity contribution >= 4 is 0 Å². The summed E-state index contributed by atoms with van der Waals surface area (Å²) in [5, 5.41) is 17.0. The van der Waals surface area contributed by atoms with Crippen LogP contribution in [0.15, 0.2) is 24.4 Å². The summed E-state index contributed by atoms with van der Waals surface area (Å²) in [6.07, 6.45) is 2.47. The molecule has 0 unspecified atom stereocenters. The summed E-state index contributed by atoms with van der Waals surface area (Å²) in [7, 11) is 0. The second-order valence-corrected chi connectivity index (χ2v) is 3.54. The molecule has 0 amide bonds. The first-order valence-corrected chi connectivity index (χ1v) is 5.09. The largest absolute Gasteiger partial charge is 0.508 e. The number of aromatic hydroxyl groups is 1. The zero-order valence-electron chi connectivity index (χ0n) is 8.89. The maximum absolute atomic E-state index is 13.1. The maximum atomic E-state index is 13.1. The van der Waals surface area contributed by atoms with Crippen LogP contribution in [0.1, 0.15) is 13.3 Å². The molecule has 0 spiro atoms. The first-order valence-electron chi connectivity index (χ1n) is 5.09. The van der Waals surface area contributed by atoms with Crippen LogP contribution in [-0.2, 0) is 6.54 Å². The molecule has 2 aromatic rings. The molecular weight excluding hydrogens is 209 g/mol. The molecule has 1 aromatic heterocycles. The molecule has 0 aliphatic heterocycles. The van der Waals surface area contributed by atoms with Gasteiger partial charge in [-0.3, -0.25) is 0 Å². The molecule has 0 saturated heterocycles. The van der Waals surface area contributed by atoms with Crippen molar-refractivity contribution in [2.75, 3.05) is 0 Å². The Bertz CT molecular complexity index is 475. The molecule has 1 N–H and O–H groups in total. The van der Waals surface area contributed by atoms with Gasteiger partial charge in [0.2, 0.25) is 0 Å². The highest BCUT2D eigenvalue weighted by Gasteiger charge is 2.08. The van der Waals surface area contributed by atoms with Gasteiger partial charge in [0.1, 0.15) is 11.6 Å². The van der Waals surface area contributed by atoms with Gasteiger partial charge in [-0.25, -0.2) is 9.07 Å². The van der Waals surface area contributed by atoms with E-state index in [9.17, 15) is 9.50 Å². The third kappa shape index (κ3) is 2.03. The molecule has 0 fully saturated rings. The summed E-state index contributed by atoms with van der Waals surface area (Å²) in [6.45, 7) is 2.74. The van der Waals surface area contributed by atoms with E-state index in [4.69, 9.17) is 0 Å². The summed E-state index contributed by atoms with van der Waals surface area (Å²) in [5.41, 5.74) is 1.28. The maximum Gasteiger partial charge on any atom is 0.127 e. The van der Waals surface area contributed by atoms with E-state index >= 15 is 0 Å². The fourth-order valence-corrected chi connectivity index (χ4v) is 1.58. The number of hydrogen-bond acceptors (Lipinski definition) is 3. The van der Waals surface area contributed by atoms with Crippen LogP contribution in [0, 0.1) is 5.82 Å². The molecule has 16 heavy (non-hydrogen) atoms. The van der Waals surface area contributed by atoms with E-state index in [-0.39, 0.29) is 5.75 Å². The average molecular weight is 221 g/mol. The lowest BCUT2D eigenvalue weighted by Gasteiger charge is -2.05. The molecule has 0 radical (unpaired) electrons. The van der Waals surface area contributed by atoms with Crippen LogP contribution in [0.25, 0.3) is 11.3 Å². The molecule has 1 heterocycles. The van der Waals surface area contributed by atoms with Crippen molar-refractivity contribution in [2.24, 2.45) is 0 Å². The molecule has 0 aliphatic rings. The summed E-state index contributed by atoms with van der Waals surface area (Å²) < 4.78 is 14.8. The lowest BCUT2D eigenvalue weighted by molar-refractivity contribution is 0.469. The van der Waals surface area contributed by atoms with Gasteiger partial charge < -0.3 is 5.11 Å². The Morgan fingerprint density at radius 1 is 1.38 bits per heavy atom. The first kappa shape index (κ1) is 10.6. The number of phenolic OH excluding ortho intramolecular Hbond substituents is 1. The highest BCUT2D eigenvalue weighted by molar-refractivity contribution is 5.60. The molecule has 1 aromatic carbocycles. The Morgan fingerprint density at radius 2 is 2.19 bits per heavy atom. The molecule has 0 aliphatic carbocycles. The van der Waals surface area contributed by atoms with Gasteiger partial charge >= 0.3 is 0 Å². The van der Waals surface area contributed by atoms with Crippen molar-refractivity contribution in [3.8, 4) is 17.0 Å². The van der Waals surface area contributed by atoms with E-state index in [2.05, 4.69) is 10.3 Å². The smallest absolute Gasteiger partial charge is 0.127 e. The average Bonchev–Trinajstić information content (AvgIpc) is 2.65. The summed E-state index contributed by atoms with van der Waals surface area (Å²) >= 11 is 0.